The summed E-state index contributed by atoms with van der Waals surface area (Å²) < 4.78 is 38.4. The Morgan fingerprint density at radius 3 is 2.64 bits per heavy atom. The van der Waals surface area contributed by atoms with Crippen LogP contribution in [-0.4, -0.2) is 30.2 Å². The van der Waals surface area contributed by atoms with E-state index in [1.165, 1.54) is 4.90 Å². The van der Waals surface area contributed by atoms with Crippen LogP contribution in [0, 0.1) is 5.92 Å². The van der Waals surface area contributed by atoms with Gasteiger partial charge in [0.1, 0.15) is 0 Å². The second-order valence-electron chi connectivity index (χ2n) is 6.00. The fourth-order valence-corrected chi connectivity index (χ4v) is 2.74. The summed E-state index contributed by atoms with van der Waals surface area (Å²) >= 11 is 0. The topological polar surface area (TPSA) is 32.3 Å². The number of urea groups is 1. The number of alkyl halides is 3. The van der Waals surface area contributed by atoms with E-state index in [4.69, 9.17) is 0 Å². The van der Waals surface area contributed by atoms with Crippen molar-refractivity contribution in [3.8, 4) is 0 Å². The zero-order valence-electron chi connectivity index (χ0n) is 12.8. The Bertz CT molecular complexity index is 528. The van der Waals surface area contributed by atoms with E-state index in [0.717, 1.165) is 5.56 Å². The highest BCUT2D eigenvalue weighted by atomic mass is 19.4. The molecule has 1 aliphatic rings. The van der Waals surface area contributed by atoms with Crippen LogP contribution in [-0.2, 0) is 0 Å². The van der Waals surface area contributed by atoms with Crippen molar-refractivity contribution >= 4 is 11.7 Å². The maximum absolute atomic E-state index is 12.8. The molecule has 0 bridgehead atoms. The first-order valence-electron chi connectivity index (χ1n) is 7.50. The van der Waals surface area contributed by atoms with Crippen molar-refractivity contribution in [2.75, 3.05) is 18.4 Å². The van der Waals surface area contributed by atoms with Crippen LogP contribution in [0.15, 0.2) is 24.3 Å². The Balaban J connectivity index is 2.06. The predicted octanol–water partition coefficient (Wildman–Crippen LogP) is 4.62. The molecule has 2 amide bonds. The Morgan fingerprint density at radius 1 is 1.32 bits per heavy atom. The summed E-state index contributed by atoms with van der Waals surface area (Å²) in [5.74, 6) is -1.20. The maximum atomic E-state index is 12.8. The van der Waals surface area contributed by atoms with Crippen LogP contribution in [0.2, 0.25) is 0 Å². The number of amides is 2. The molecule has 1 heterocycles. The molecule has 1 aromatic rings. The number of carbonyl (C=O) groups excluding carboxylic acids is 1. The number of carbonyl (C=O) groups is 1. The van der Waals surface area contributed by atoms with Crippen LogP contribution in [0.25, 0.3) is 0 Å². The molecule has 2 rings (SSSR count). The molecule has 1 aliphatic heterocycles. The number of nitrogens with one attached hydrogen (secondary N) is 1. The molecule has 6 heteroatoms. The zero-order chi connectivity index (χ0) is 16.3. The third-order valence-electron chi connectivity index (χ3n) is 4.00. The minimum Gasteiger partial charge on any atom is -0.324 e. The fourth-order valence-electron chi connectivity index (χ4n) is 2.74. The normalized spacial score (nSPS) is 19.4. The van der Waals surface area contributed by atoms with Crippen LogP contribution in [0.1, 0.15) is 38.2 Å². The summed E-state index contributed by atoms with van der Waals surface area (Å²) in [6.45, 7) is 4.11. The van der Waals surface area contributed by atoms with Crippen molar-refractivity contribution in [3.63, 3.8) is 0 Å². The number of hydrogen-bond donors (Lipinski definition) is 1. The highest BCUT2D eigenvalue weighted by molar-refractivity contribution is 5.90. The molecule has 22 heavy (non-hydrogen) atoms. The number of rotatable bonds is 2. The molecule has 1 atom stereocenters. The van der Waals surface area contributed by atoms with Crippen molar-refractivity contribution in [1.29, 1.82) is 0 Å². The lowest BCUT2D eigenvalue weighted by atomic mass is 9.98. The van der Waals surface area contributed by atoms with Gasteiger partial charge in [-0.15, -0.1) is 0 Å². The van der Waals surface area contributed by atoms with Crippen LogP contribution < -0.4 is 5.32 Å². The van der Waals surface area contributed by atoms with Crippen molar-refractivity contribution in [2.45, 2.75) is 38.8 Å². The summed E-state index contributed by atoms with van der Waals surface area (Å²) in [6.07, 6.45) is -3.77. The Morgan fingerprint density at radius 2 is 2.00 bits per heavy atom. The van der Waals surface area contributed by atoms with Crippen molar-refractivity contribution in [2.24, 2.45) is 5.92 Å². The van der Waals surface area contributed by atoms with Crippen molar-refractivity contribution in [1.82, 2.24) is 4.90 Å². The largest absolute Gasteiger partial charge is 0.393 e. The third kappa shape index (κ3) is 3.93. The second-order valence-corrected chi connectivity index (χ2v) is 6.00. The van der Waals surface area contributed by atoms with E-state index < -0.39 is 18.1 Å². The van der Waals surface area contributed by atoms with Crippen LogP contribution in [0.4, 0.5) is 23.7 Å². The molecule has 0 radical (unpaired) electrons. The van der Waals surface area contributed by atoms with Gasteiger partial charge in [-0.25, -0.2) is 4.79 Å². The highest BCUT2D eigenvalue weighted by Crippen LogP contribution is 2.33. The predicted molar refractivity (Wildman–Crippen MR) is 79.9 cm³/mol. The van der Waals surface area contributed by atoms with Gasteiger partial charge in [-0.05, 0) is 30.4 Å². The van der Waals surface area contributed by atoms with Gasteiger partial charge in [0, 0.05) is 18.8 Å². The van der Waals surface area contributed by atoms with Crippen LogP contribution in [0.3, 0.4) is 0 Å². The first-order chi connectivity index (χ1) is 10.3. The number of piperidine rings is 1. The van der Waals surface area contributed by atoms with E-state index in [2.05, 4.69) is 5.32 Å². The summed E-state index contributed by atoms with van der Waals surface area (Å²) in [4.78, 5) is 13.5. The molecule has 1 fully saturated rings. The fraction of sp³-hybridized carbons (Fsp3) is 0.562. The average Bonchev–Trinajstić information content (AvgIpc) is 2.47. The molecule has 0 aromatic heterocycles. The number of nitrogens with zero attached hydrogens (tertiary/aromatic N) is 1. The SMILES string of the molecule is CC(C)c1ccccc1NC(=O)N1CCC[C@H](C(F)(F)F)C1. The average molecular weight is 314 g/mol. The van der Waals surface area contributed by atoms with Gasteiger partial charge in [-0.2, -0.15) is 13.2 Å². The lowest BCUT2D eigenvalue weighted by molar-refractivity contribution is -0.183. The summed E-state index contributed by atoms with van der Waals surface area (Å²) in [5.41, 5.74) is 1.64. The standard InChI is InChI=1S/C16H21F3N2O/c1-11(2)13-7-3-4-8-14(13)20-15(22)21-9-5-6-12(10-21)16(17,18)19/h3-4,7-8,11-12H,5-6,9-10H2,1-2H3,(H,20,22)/t12-/m0/s1. The number of hydrogen-bond acceptors (Lipinski definition) is 1. The van der Waals surface area contributed by atoms with Gasteiger partial charge in [0.15, 0.2) is 0 Å². The van der Waals surface area contributed by atoms with Gasteiger partial charge < -0.3 is 10.2 Å². The molecule has 0 saturated carbocycles. The lowest BCUT2D eigenvalue weighted by Gasteiger charge is -2.33. The first-order valence-corrected chi connectivity index (χ1v) is 7.50. The highest BCUT2D eigenvalue weighted by Gasteiger charge is 2.42. The molecular formula is C16H21F3N2O. The van der Waals surface area contributed by atoms with E-state index in [9.17, 15) is 18.0 Å². The number of likely N-dealkylation sites (tertiary alicyclic amines) is 1. The van der Waals surface area contributed by atoms with Gasteiger partial charge in [0.2, 0.25) is 0 Å². The third-order valence-corrected chi connectivity index (χ3v) is 4.00. The van der Waals surface area contributed by atoms with Crippen molar-refractivity contribution in [3.05, 3.63) is 29.8 Å². The van der Waals surface area contributed by atoms with E-state index in [1.807, 2.05) is 26.0 Å². The quantitative estimate of drug-likeness (QED) is 0.849. The molecule has 3 nitrogen and oxygen atoms in total. The summed E-state index contributed by atoms with van der Waals surface area (Å²) in [5, 5.41) is 2.75. The van der Waals surface area contributed by atoms with Gasteiger partial charge in [0.25, 0.3) is 0 Å². The molecule has 0 spiro atoms. The molecule has 1 N–H and O–H groups in total. The molecule has 0 unspecified atom stereocenters. The van der Waals surface area contributed by atoms with Gasteiger partial charge in [0.05, 0.1) is 5.92 Å². The summed E-state index contributed by atoms with van der Waals surface area (Å²) in [7, 11) is 0. The monoisotopic (exact) mass is 314 g/mol. The van der Waals surface area contributed by atoms with E-state index in [-0.39, 0.29) is 18.9 Å². The molecule has 1 saturated heterocycles. The number of anilines is 1. The van der Waals surface area contributed by atoms with E-state index in [1.54, 1.807) is 12.1 Å². The molecule has 0 aliphatic carbocycles. The molecular weight excluding hydrogens is 293 g/mol. The summed E-state index contributed by atoms with van der Waals surface area (Å²) in [6, 6.07) is 6.91. The second kappa shape index (κ2) is 6.58. The van der Waals surface area contributed by atoms with Crippen molar-refractivity contribution < 1.29 is 18.0 Å². The maximum Gasteiger partial charge on any atom is 0.393 e. The minimum atomic E-state index is -4.24. The van der Waals surface area contributed by atoms with E-state index in [0.29, 0.717) is 18.7 Å². The lowest BCUT2D eigenvalue weighted by Crippen LogP contribution is -2.46. The Kier molecular flexibility index (Phi) is 4.98. The van der Waals surface area contributed by atoms with Gasteiger partial charge >= 0.3 is 12.2 Å². The molecule has 122 valence electrons. The van der Waals surface area contributed by atoms with Crippen LogP contribution in [0.5, 0.6) is 0 Å². The number of halogens is 3. The van der Waals surface area contributed by atoms with Gasteiger partial charge in [-0.3, -0.25) is 0 Å². The Labute approximate surface area is 128 Å². The van der Waals surface area contributed by atoms with Gasteiger partial charge in [-0.1, -0.05) is 32.0 Å². The number of para-hydroxylation sites is 1. The number of benzene rings is 1. The van der Waals surface area contributed by atoms with Crippen LogP contribution >= 0.6 is 0 Å². The minimum absolute atomic E-state index is 0.0931. The smallest absolute Gasteiger partial charge is 0.324 e. The zero-order valence-corrected chi connectivity index (χ0v) is 12.8. The van der Waals surface area contributed by atoms with E-state index >= 15 is 0 Å². The Hall–Kier alpha value is -1.72. The molecule has 1 aromatic carbocycles. The first kappa shape index (κ1) is 16.6.